The maximum absolute atomic E-state index is 13.2. The average molecular weight is 299 g/mol. The number of hydrogen-bond acceptors (Lipinski definition) is 3. The molecule has 1 aliphatic rings. The molecule has 3 nitrogen and oxygen atoms in total. The summed E-state index contributed by atoms with van der Waals surface area (Å²) in [6.45, 7) is 0.802. The molecule has 1 atom stereocenters. The van der Waals surface area contributed by atoms with Crippen LogP contribution in [0.5, 0.6) is 0 Å². The largest absolute Gasteiger partial charge is 0.314 e. The third-order valence-electron chi connectivity index (χ3n) is 3.58. The molecule has 112 valence electrons. The van der Waals surface area contributed by atoms with E-state index in [0.717, 1.165) is 12.1 Å². The predicted molar refractivity (Wildman–Crippen MR) is 78.9 cm³/mol. The van der Waals surface area contributed by atoms with E-state index in [0.29, 0.717) is 18.9 Å². The number of nitrogens with one attached hydrogen (secondary N) is 1. The molecule has 1 aromatic carbocycles. The van der Waals surface area contributed by atoms with Crippen molar-refractivity contribution in [3.8, 4) is 0 Å². The highest BCUT2D eigenvalue weighted by atomic mass is 32.2. The van der Waals surface area contributed by atoms with Crippen LogP contribution in [0.1, 0.15) is 24.8 Å². The van der Waals surface area contributed by atoms with Crippen LogP contribution in [-0.4, -0.2) is 33.0 Å². The van der Waals surface area contributed by atoms with Crippen molar-refractivity contribution in [1.29, 1.82) is 0 Å². The van der Waals surface area contributed by atoms with Crippen LogP contribution in [0.4, 0.5) is 4.39 Å². The third-order valence-corrected chi connectivity index (χ3v) is 4.56. The summed E-state index contributed by atoms with van der Waals surface area (Å²) in [6, 6.07) is 7.16. The standard InChI is InChI=1S/C15H22FNO2S/c1-20(18,19)8-7-13(11-17-15-5-6-15)9-12-3-2-4-14(16)10-12/h2-4,10,13,15,17H,5-9,11H2,1H3. The first-order chi connectivity index (χ1) is 9.42. The van der Waals surface area contributed by atoms with Gasteiger partial charge in [-0.3, -0.25) is 0 Å². The van der Waals surface area contributed by atoms with Gasteiger partial charge >= 0.3 is 0 Å². The van der Waals surface area contributed by atoms with E-state index in [-0.39, 0.29) is 17.5 Å². The Morgan fingerprint density at radius 2 is 2.15 bits per heavy atom. The Labute approximate surface area is 120 Å². The van der Waals surface area contributed by atoms with E-state index in [9.17, 15) is 12.8 Å². The second kappa shape index (κ2) is 6.68. The van der Waals surface area contributed by atoms with E-state index in [2.05, 4.69) is 5.32 Å². The highest BCUT2D eigenvalue weighted by molar-refractivity contribution is 7.90. The van der Waals surface area contributed by atoms with Crippen LogP contribution in [0.3, 0.4) is 0 Å². The number of halogens is 1. The van der Waals surface area contributed by atoms with Crippen LogP contribution in [0.2, 0.25) is 0 Å². The minimum atomic E-state index is -2.94. The van der Waals surface area contributed by atoms with Crippen LogP contribution >= 0.6 is 0 Å². The highest BCUT2D eigenvalue weighted by Gasteiger charge is 2.22. The van der Waals surface area contributed by atoms with Crippen molar-refractivity contribution >= 4 is 9.84 Å². The molecule has 0 radical (unpaired) electrons. The summed E-state index contributed by atoms with van der Waals surface area (Å²) in [6.07, 6.45) is 5.01. The SMILES string of the molecule is CS(=O)(=O)CCC(CNC1CC1)Cc1cccc(F)c1. The average Bonchev–Trinajstić information content (AvgIpc) is 3.15. The number of hydrogen-bond donors (Lipinski definition) is 1. The van der Waals surface area contributed by atoms with Crippen molar-refractivity contribution in [2.45, 2.75) is 31.7 Å². The Hall–Kier alpha value is -0.940. The van der Waals surface area contributed by atoms with E-state index < -0.39 is 9.84 Å². The molecule has 0 saturated heterocycles. The molecule has 5 heteroatoms. The summed E-state index contributed by atoms with van der Waals surface area (Å²) in [5, 5.41) is 3.44. The molecule has 0 heterocycles. The third kappa shape index (κ3) is 6.01. The summed E-state index contributed by atoms with van der Waals surface area (Å²) < 4.78 is 35.8. The minimum Gasteiger partial charge on any atom is -0.314 e. The molecule has 1 unspecified atom stereocenters. The first-order valence-electron chi connectivity index (χ1n) is 7.08. The van der Waals surface area contributed by atoms with Crippen LogP contribution in [0, 0.1) is 11.7 Å². The molecule has 20 heavy (non-hydrogen) atoms. The van der Waals surface area contributed by atoms with Crippen LogP contribution in [0.25, 0.3) is 0 Å². The second-order valence-corrected chi connectivity index (χ2v) is 8.06. The summed E-state index contributed by atoms with van der Waals surface area (Å²) in [5.41, 5.74) is 0.932. The zero-order chi connectivity index (χ0) is 14.6. The van der Waals surface area contributed by atoms with E-state index in [4.69, 9.17) is 0 Å². The second-order valence-electron chi connectivity index (χ2n) is 5.80. The molecule has 0 aromatic heterocycles. The molecule has 1 saturated carbocycles. The molecular formula is C15H22FNO2S. The van der Waals surface area contributed by atoms with Crippen LogP contribution < -0.4 is 5.32 Å². The van der Waals surface area contributed by atoms with E-state index >= 15 is 0 Å². The van der Waals surface area contributed by atoms with Crippen molar-refractivity contribution in [3.05, 3.63) is 35.6 Å². The fraction of sp³-hybridized carbons (Fsp3) is 0.600. The Kier molecular flexibility index (Phi) is 5.16. The zero-order valence-corrected chi connectivity index (χ0v) is 12.6. The Morgan fingerprint density at radius 3 is 2.75 bits per heavy atom. The lowest BCUT2D eigenvalue weighted by atomic mass is 9.96. The Bertz CT molecular complexity index is 541. The van der Waals surface area contributed by atoms with Gasteiger partial charge in [0.25, 0.3) is 0 Å². The van der Waals surface area contributed by atoms with E-state index in [1.165, 1.54) is 31.2 Å². The van der Waals surface area contributed by atoms with E-state index in [1.807, 2.05) is 6.07 Å². The number of rotatable bonds is 8. The monoisotopic (exact) mass is 299 g/mol. The molecule has 1 aromatic rings. The molecule has 1 N–H and O–H groups in total. The highest BCUT2D eigenvalue weighted by Crippen LogP contribution is 2.20. The van der Waals surface area contributed by atoms with Gasteiger partial charge in [0.15, 0.2) is 0 Å². The molecular weight excluding hydrogens is 277 g/mol. The predicted octanol–water partition coefficient (Wildman–Crippen LogP) is 2.17. The first kappa shape index (κ1) is 15.4. The molecule has 0 amide bonds. The molecule has 1 fully saturated rings. The quantitative estimate of drug-likeness (QED) is 0.800. The summed E-state index contributed by atoms with van der Waals surface area (Å²) in [5.74, 6) is 0.186. The normalized spacial score (nSPS) is 17.1. The van der Waals surface area contributed by atoms with Crippen molar-refractivity contribution in [2.75, 3.05) is 18.6 Å². The number of benzene rings is 1. The molecule has 1 aliphatic carbocycles. The number of sulfone groups is 1. The van der Waals surface area contributed by atoms with Crippen LogP contribution in [0.15, 0.2) is 24.3 Å². The van der Waals surface area contributed by atoms with Gasteiger partial charge in [0.05, 0.1) is 5.75 Å². The van der Waals surface area contributed by atoms with Crippen molar-refractivity contribution < 1.29 is 12.8 Å². The van der Waals surface area contributed by atoms with Crippen LogP contribution in [-0.2, 0) is 16.3 Å². The van der Waals surface area contributed by atoms with Crippen molar-refractivity contribution in [3.63, 3.8) is 0 Å². The topological polar surface area (TPSA) is 46.2 Å². The fourth-order valence-electron chi connectivity index (χ4n) is 2.28. The van der Waals surface area contributed by atoms with Gasteiger partial charge in [0.2, 0.25) is 0 Å². The summed E-state index contributed by atoms with van der Waals surface area (Å²) >= 11 is 0. The van der Waals surface area contributed by atoms with Gasteiger partial charge in [0, 0.05) is 12.3 Å². The van der Waals surface area contributed by atoms with Gasteiger partial charge in [-0.15, -0.1) is 0 Å². The minimum absolute atomic E-state index is 0.194. The fourth-order valence-corrected chi connectivity index (χ4v) is 3.04. The lowest BCUT2D eigenvalue weighted by Gasteiger charge is -2.17. The molecule has 2 rings (SSSR count). The van der Waals surface area contributed by atoms with Gasteiger partial charge in [0.1, 0.15) is 15.7 Å². The van der Waals surface area contributed by atoms with Crippen molar-refractivity contribution in [1.82, 2.24) is 5.32 Å². The van der Waals surface area contributed by atoms with Gasteiger partial charge in [-0.2, -0.15) is 0 Å². The van der Waals surface area contributed by atoms with Gasteiger partial charge in [-0.25, -0.2) is 12.8 Å². The Balaban J connectivity index is 1.93. The first-order valence-corrected chi connectivity index (χ1v) is 9.14. The smallest absolute Gasteiger partial charge is 0.147 e. The maximum atomic E-state index is 13.2. The lowest BCUT2D eigenvalue weighted by Crippen LogP contribution is -2.27. The Morgan fingerprint density at radius 1 is 1.40 bits per heavy atom. The van der Waals surface area contributed by atoms with Gasteiger partial charge < -0.3 is 5.32 Å². The maximum Gasteiger partial charge on any atom is 0.147 e. The molecule has 0 spiro atoms. The summed E-state index contributed by atoms with van der Waals surface area (Å²) in [4.78, 5) is 0. The zero-order valence-electron chi connectivity index (χ0n) is 11.8. The molecule has 0 aliphatic heterocycles. The summed E-state index contributed by atoms with van der Waals surface area (Å²) in [7, 11) is -2.94. The van der Waals surface area contributed by atoms with E-state index in [1.54, 1.807) is 6.07 Å². The van der Waals surface area contributed by atoms with Crippen molar-refractivity contribution in [2.24, 2.45) is 5.92 Å². The molecule has 0 bridgehead atoms. The lowest BCUT2D eigenvalue weighted by molar-refractivity contribution is 0.456. The van der Waals surface area contributed by atoms with Gasteiger partial charge in [-0.05, 0) is 55.8 Å². The van der Waals surface area contributed by atoms with Gasteiger partial charge in [-0.1, -0.05) is 12.1 Å².